The fourth-order valence-corrected chi connectivity index (χ4v) is 3.33. The van der Waals surface area contributed by atoms with Gasteiger partial charge in [-0.1, -0.05) is 23.9 Å². The predicted molar refractivity (Wildman–Crippen MR) is 97.9 cm³/mol. The van der Waals surface area contributed by atoms with Crippen LogP contribution < -0.4 is 14.8 Å². The average Bonchev–Trinajstić information content (AvgIpc) is 2.98. The molecule has 2 amide bonds. The Morgan fingerprint density at radius 3 is 2.27 bits per heavy atom. The first kappa shape index (κ1) is 18.0. The largest absolute Gasteiger partial charge is 0.497 e. The Labute approximate surface area is 154 Å². The molecule has 1 saturated heterocycles. The van der Waals surface area contributed by atoms with Gasteiger partial charge in [-0.3, -0.25) is 19.7 Å². The van der Waals surface area contributed by atoms with Crippen molar-refractivity contribution in [3.05, 3.63) is 59.7 Å². The summed E-state index contributed by atoms with van der Waals surface area (Å²) in [6.45, 7) is -0.0684. The minimum atomic E-state index is -0.397. The molecule has 2 aromatic rings. The first-order valence-electron chi connectivity index (χ1n) is 7.95. The molecule has 2 aromatic carbocycles. The van der Waals surface area contributed by atoms with Gasteiger partial charge in [0.05, 0.1) is 12.4 Å². The molecule has 3 rings (SSSR count). The van der Waals surface area contributed by atoms with Gasteiger partial charge < -0.3 is 9.47 Å². The average molecular weight is 371 g/mol. The number of thioether (sulfide) groups is 1. The molecular formula is C19H17NO5S. The van der Waals surface area contributed by atoms with Crippen LogP contribution in [0, 0.1) is 0 Å². The fourth-order valence-electron chi connectivity index (χ4n) is 2.47. The summed E-state index contributed by atoms with van der Waals surface area (Å²) in [5.41, 5.74) is 1.47. The van der Waals surface area contributed by atoms with Crippen LogP contribution in [0.1, 0.15) is 15.9 Å². The Hall–Kier alpha value is -2.80. The van der Waals surface area contributed by atoms with Gasteiger partial charge in [-0.05, 0) is 48.4 Å². The second-order valence-corrected chi connectivity index (χ2v) is 6.85. The van der Waals surface area contributed by atoms with Crippen LogP contribution >= 0.6 is 11.8 Å². The number of carbonyl (C=O) groups is 3. The minimum Gasteiger partial charge on any atom is -0.497 e. The molecule has 1 N–H and O–H groups in total. The number of ether oxygens (including phenoxy) is 2. The number of hydrogen-bond donors (Lipinski definition) is 1. The van der Waals surface area contributed by atoms with Crippen molar-refractivity contribution >= 4 is 28.7 Å². The summed E-state index contributed by atoms with van der Waals surface area (Å²) in [4.78, 5) is 34.9. The zero-order valence-corrected chi connectivity index (χ0v) is 14.9. The first-order valence-corrected chi connectivity index (χ1v) is 8.83. The van der Waals surface area contributed by atoms with Gasteiger partial charge in [0.2, 0.25) is 5.91 Å². The number of rotatable bonds is 7. The summed E-state index contributed by atoms with van der Waals surface area (Å²) >= 11 is 1.00. The zero-order chi connectivity index (χ0) is 18.5. The number of methoxy groups -OCH3 is 1. The molecule has 7 heteroatoms. The summed E-state index contributed by atoms with van der Waals surface area (Å²) in [5, 5.41) is 1.56. The monoisotopic (exact) mass is 371 g/mol. The second kappa shape index (κ2) is 8.05. The summed E-state index contributed by atoms with van der Waals surface area (Å²) < 4.78 is 10.6. The Morgan fingerprint density at radius 2 is 1.69 bits per heavy atom. The number of amides is 2. The van der Waals surface area contributed by atoms with Gasteiger partial charge in [-0.25, -0.2) is 0 Å². The standard InChI is InChI=1S/C19H17NO5S/c1-24-14-8-4-13(5-9-14)16(21)11-25-15-6-2-12(3-7-15)10-17-18(22)20-19(23)26-17/h2-9,17H,10-11H2,1H3,(H,20,22,23). The number of Topliss-reactive ketones (excluding diaryl/α,β-unsaturated/α-hetero) is 1. The van der Waals surface area contributed by atoms with E-state index in [0.29, 0.717) is 23.5 Å². The molecule has 26 heavy (non-hydrogen) atoms. The lowest BCUT2D eigenvalue weighted by Crippen LogP contribution is -2.25. The highest BCUT2D eigenvalue weighted by atomic mass is 32.2. The second-order valence-electron chi connectivity index (χ2n) is 5.67. The van der Waals surface area contributed by atoms with Crippen molar-refractivity contribution in [2.75, 3.05) is 13.7 Å². The third kappa shape index (κ3) is 4.43. The normalized spacial score (nSPS) is 16.3. The molecular weight excluding hydrogens is 354 g/mol. The van der Waals surface area contributed by atoms with Crippen molar-refractivity contribution in [3.8, 4) is 11.5 Å². The van der Waals surface area contributed by atoms with E-state index in [2.05, 4.69) is 5.32 Å². The maximum atomic E-state index is 12.1. The Morgan fingerprint density at radius 1 is 1.04 bits per heavy atom. The third-order valence-electron chi connectivity index (χ3n) is 3.89. The Balaban J connectivity index is 1.53. The van der Waals surface area contributed by atoms with Gasteiger partial charge in [0.1, 0.15) is 11.5 Å². The number of hydrogen-bond acceptors (Lipinski definition) is 6. The lowest BCUT2D eigenvalue weighted by molar-refractivity contribution is -0.118. The molecule has 0 bridgehead atoms. The first-order chi connectivity index (χ1) is 12.5. The lowest BCUT2D eigenvalue weighted by atomic mass is 10.1. The molecule has 1 atom stereocenters. The van der Waals surface area contributed by atoms with Crippen LogP contribution in [0.4, 0.5) is 4.79 Å². The maximum Gasteiger partial charge on any atom is 0.286 e. The van der Waals surface area contributed by atoms with E-state index in [-0.39, 0.29) is 23.5 Å². The van der Waals surface area contributed by atoms with Gasteiger partial charge in [0.25, 0.3) is 5.24 Å². The summed E-state index contributed by atoms with van der Waals surface area (Å²) in [6, 6.07) is 14.0. The Kier molecular flexibility index (Phi) is 5.58. The van der Waals surface area contributed by atoms with Crippen molar-refractivity contribution in [3.63, 3.8) is 0 Å². The number of ketones is 1. The molecule has 0 radical (unpaired) electrons. The Bertz CT molecular complexity index is 817. The highest BCUT2D eigenvalue weighted by molar-refractivity contribution is 8.15. The fraction of sp³-hybridized carbons (Fsp3) is 0.211. The van der Waals surface area contributed by atoms with Crippen molar-refractivity contribution < 1.29 is 23.9 Å². The molecule has 0 aliphatic carbocycles. The summed E-state index contributed by atoms with van der Waals surface area (Å²) in [6.07, 6.45) is 0.466. The zero-order valence-electron chi connectivity index (χ0n) is 14.1. The molecule has 1 unspecified atom stereocenters. The van der Waals surface area contributed by atoms with Crippen molar-refractivity contribution in [1.82, 2.24) is 5.32 Å². The minimum absolute atomic E-state index is 0.0684. The summed E-state index contributed by atoms with van der Waals surface area (Å²) in [5.74, 6) is 0.865. The van der Waals surface area contributed by atoms with E-state index in [1.54, 1.807) is 43.5 Å². The van der Waals surface area contributed by atoms with Gasteiger partial charge >= 0.3 is 0 Å². The van der Waals surface area contributed by atoms with Crippen molar-refractivity contribution in [1.29, 1.82) is 0 Å². The van der Waals surface area contributed by atoms with Crippen LogP contribution in [0.2, 0.25) is 0 Å². The topological polar surface area (TPSA) is 81.7 Å². The molecule has 1 fully saturated rings. The number of carbonyl (C=O) groups excluding carboxylic acids is 3. The molecule has 1 heterocycles. The molecule has 6 nitrogen and oxygen atoms in total. The lowest BCUT2D eigenvalue weighted by Gasteiger charge is -2.08. The predicted octanol–water partition coefficient (Wildman–Crippen LogP) is 2.85. The van der Waals surface area contributed by atoms with Crippen LogP contribution in [0.15, 0.2) is 48.5 Å². The highest BCUT2D eigenvalue weighted by Gasteiger charge is 2.31. The number of imide groups is 1. The van der Waals surface area contributed by atoms with Crippen LogP contribution in [0.25, 0.3) is 0 Å². The van der Waals surface area contributed by atoms with Gasteiger partial charge in [-0.15, -0.1) is 0 Å². The molecule has 0 spiro atoms. The molecule has 0 aromatic heterocycles. The van der Waals surface area contributed by atoms with E-state index in [1.165, 1.54) is 0 Å². The van der Waals surface area contributed by atoms with Crippen LogP contribution in [-0.4, -0.2) is 35.9 Å². The van der Waals surface area contributed by atoms with E-state index in [1.807, 2.05) is 12.1 Å². The van der Waals surface area contributed by atoms with E-state index in [0.717, 1.165) is 17.3 Å². The molecule has 1 aliphatic heterocycles. The van der Waals surface area contributed by atoms with E-state index >= 15 is 0 Å². The molecule has 1 aliphatic rings. The third-order valence-corrected chi connectivity index (χ3v) is 4.87. The smallest absolute Gasteiger partial charge is 0.286 e. The number of nitrogens with one attached hydrogen (secondary N) is 1. The van der Waals surface area contributed by atoms with E-state index < -0.39 is 5.25 Å². The van der Waals surface area contributed by atoms with Gasteiger partial charge in [-0.2, -0.15) is 0 Å². The quantitative estimate of drug-likeness (QED) is 0.754. The van der Waals surface area contributed by atoms with Crippen molar-refractivity contribution in [2.45, 2.75) is 11.7 Å². The SMILES string of the molecule is COc1ccc(C(=O)COc2ccc(CC3SC(=O)NC3=O)cc2)cc1. The van der Waals surface area contributed by atoms with Crippen LogP contribution in [0.5, 0.6) is 11.5 Å². The van der Waals surface area contributed by atoms with E-state index in [4.69, 9.17) is 9.47 Å². The summed E-state index contributed by atoms with van der Waals surface area (Å²) in [7, 11) is 1.57. The van der Waals surface area contributed by atoms with Gasteiger partial charge in [0, 0.05) is 5.56 Å². The van der Waals surface area contributed by atoms with E-state index in [9.17, 15) is 14.4 Å². The van der Waals surface area contributed by atoms with Gasteiger partial charge in [0.15, 0.2) is 12.4 Å². The van der Waals surface area contributed by atoms with Crippen LogP contribution in [-0.2, 0) is 11.2 Å². The van der Waals surface area contributed by atoms with Crippen LogP contribution in [0.3, 0.4) is 0 Å². The highest BCUT2D eigenvalue weighted by Crippen LogP contribution is 2.24. The molecule has 134 valence electrons. The number of benzene rings is 2. The molecule has 0 saturated carbocycles. The maximum absolute atomic E-state index is 12.1. The van der Waals surface area contributed by atoms with Crippen molar-refractivity contribution in [2.24, 2.45) is 0 Å².